The van der Waals surface area contributed by atoms with Crippen molar-refractivity contribution in [2.45, 2.75) is 25.9 Å². The van der Waals surface area contributed by atoms with Crippen LogP contribution in [-0.4, -0.2) is 19.7 Å². The monoisotopic (exact) mass is 400 g/mol. The van der Waals surface area contributed by atoms with E-state index in [0.717, 1.165) is 7.11 Å². The molecule has 1 atom stereocenters. The van der Waals surface area contributed by atoms with E-state index in [1.54, 1.807) is 6.07 Å². The average Bonchev–Trinajstić information content (AvgIpc) is 2.59. The minimum Gasteiger partial charge on any atom is -0.496 e. The molecule has 2 N–H and O–H groups in total. The van der Waals surface area contributed by atoms with Crippen LogP contribution in [0.15, 0.2) is 34.9 Å². The van der Waals surface area contributed by atoms with E-state index in [2.05, 4.69) is 0 Å². The number of ether oxygens (including phenoxy) is 3. The van der Waals surface area contributed by atoms with Gasteiger partial charge >= 0.3 is 12.1 Å². The molecule has 28 heavy (non-hydrogen) atoms. The number of esters is 1. The fourth-order valence-electron chi connectivity index (χ4n) is 2.86. The number of alkyl halides is 3. The molecule has 1 aliphatic heterocycles. The lowest BCUT2D eigenvalue weighted by Crippen LogP contribution is -2.26. The molecule has 0 aromatic heterocycles. The SMILES string of the molecule is CCOC(=O)C1=C(C)OC(N)=C(C#N)C1c1cc(C(F)(F)F)c(F)cc1OC. The number of nitriles is 1. The first-order valence-electron chi connectivity index (χ1n) is 7.96. The molecule has 1 unspecified atom stereocenters. The molecule has 1 heterocycles. The van der Waals surface area contributed by atoms with Crippen LogP contribution in [0.25, 0.3) is 0 Å². The van der Waals surface area contributed by atoms with Crippen LogP contribution in [0.2, 0.25) is 0 Å². The zero-order chi connectivity index (χ0) is 21.2. The Bertz CT molecular complexity index is 913. The molecule has 10 heteroatoms. The van der Waals surface area contributed by atoms with Crippen LogP contribution >= 0.6 is 0 Å². The van der Waals surface area contributed by atoms with E-state index in [4.69, 9.17) is 19.9 Å². The predicted molar refractivity (Wildman–Crippen MR) is 87.9 cm³/mol. The highest BCUT2D eigenvalue weighted by Crippen LogP contribution is 2.45. The van der Waals surface area contributed by atoms with Gasteiger partial charge in [0.2, 0.25) is 5.88 Å². The highest BCUT2D eigenvalue weighted by Gasteiger charge is 2.41. The normalized spacial score (nSPS) is 17.1. The molecular formula is C18H16F4N2O4. The van der Waals surface area contributed by atoms with Crippen LogP contribution in [0.3, 0.4) is 0 Å². The Hall–Kier alpha value is -3.22. The smallest absolute Gasteiger partial charge is 0.419 e. The predicted octanol–water partition coefficient (Wildman–Crippen LogP) is 3.50. The summed E-state index contributed by atoms with van der Waals surface area (Å²) < 4.78 is 68.8. The van der Waals surface area contributed by atoms with Crippen molar-refractivity contribution >= 4 is 5.97 Å². The van der Waals surface area contributed by atoms with Crippen LogP contribution < -0.4 is 10.5 Å². The molecule has 1 aromatic carbocycles. The van der Waals surface area contributed by atoms with Crippen LogP contribution in [-0.2, 0) is 20.4 Å². The van der Waals surface area contributed by atoms with Gasteiger partial charge < -0.3 is 19.9 Å². The van der Waals surface area contributed by atoms with E-state index in [0.29, 0.717) is 12.1 Å². The first-order chi connectivity index (χ1) is 13.1. The van der Waals surface area contributed by atoms with Crippen molar-refractivity contribution in [3.05, 3.63) is 51.9 Å². The summed E-state index contributed by atoms with van der Waals surface area (Å²) in [5.41, 5.74) is 3.29. The summed E-state index contributed by atoms with van der Waals surface area (Å²) in [6, 6.07) is 2.76. The lowest BCUT2D eigenvalue weighted by molar-refractivity contribution is -0.140. The minimum atomic E-state index is -5.01. The molecule has 1 aliphatic rings. The number of rotatable bonds is 4. The molecule has 150 valence electrons. The molecule has 0 aliphatic carbocycles. The molecule has 0 bridgehead atoms. The molecular weight excluding hydrogens is 384 g/mol. The first kappa shape index (κ1) is 21.1. The number of carbonyl (C=O) groups is 1. The third-order valence-electron chi connectivity index (χ3n) is 4.04. The van der Waals surface area contributed by atoms with E-state index >= 15 is 0 Å². The van der Waals surface area contributed by atoms with Crippen LogP contribution in [0.4, 0.5) is 17.6 Å². The van der Waals surface area contributed by atoms with Gasteiger partial charge in [0.1, 0.15) is 29.0 Å². The minimum absolute atomic E-state index is 0.0300. The summed E-state index contributed by atoms with van der Waals surface area (Å²) in [6.07, 6.45) is -5.01. The molecule has 0 spiro atoms. The Morgan fingerprint density at radius 3 is 2.54 bits per heavy atom. The Kier molecular flexibility index (Phi) is 5.87. The van der Waals surface area contributed by atoms with Gasteiger partial charge in [0.25, 0.3) is 0 Å². The van der Waals surface area contributed by atoms with Crippen molar-refractivity contribution < 1.29 is 36.6 Å². The van der Waals surface area contributed by atoms with Crippen LogP contribution in [0.1, 0.15) is 30.9 Å². The number of methoxy groups -OCH3 is 1. The van der Waals surface area contributed by atoms with E-state index in [9.17, 15) is 27.6 Å². The molecule has 0 saturated heterocycles. The van der Waals surface area contributed by atoms with Gasteiger partial charge in [-0.25, -0.2) is 9.18 Å². The molecule has 0 saturated carbocycles. The van der Waals surface area contributed by atoms with Crippen molar-refractivity contribution in [3.63, 3.8) is 0 Å². The van der Waals surface area contributed by atoms with E-state index < -0.39 is 35.3 Å². The number of hydrogen-bond acceptors (Lipinski definition) is 6. The largest absolute Gasteiger partial charge is 0.496 e. The average molecular weight is 400 g/mol. The van der Waals surface area contributed by atoms with Gasteiger partial charge in [-0.3, -0.25) is 0 Å². The molecule has 6 nitrogen and oxygen atoms in total. The zero-order valence-electron chi connectivity index (χ0n) is 15.1. The first-order valence-corrected chi connectivity index (χ1v) is 7.96. The number of carbonyl (C=O) groups excluding carboxylic acids is 1. The molecule has 0 fully saturated rings. The Labute approximate surface area is 157 Å². The standard InChI is InChI=1S/C18H16F4N2O4/c1-4-27-17(25)14-8(2)28-16(24)10(7-23)15(14)9-5-11(18(20,21)22)12(19)6-13(9)26-3/h5-6,15H,4,24H2,1-3H3. The third-order valence-corrected chi connectivity index (χ3v) is 4.04. The second-order valence-electron chi connectivity index (χ2n) is 5.69. The second kappa shape index (κ2) is 7.80. The maximum atomic E-state index is 14.0. The third kappa shape index (κ3) is 3.74. The molecule has 0 amide bonds. The zero-order valence-corrected chi connectivity index (χ0v) is 15.1. The lowest BCUT2D eigenvalue weighted by Gasteiger charge is -2.28. The fourth-order valence-corrected chi connectivity index (χ4v) is 2.86. The van der Waals surface area contributed by atoms with Crippen LogP contribution in [0.5, 0.6) is 5.75 Å². The van der Waals surface area contributed by atoms with Gasteiger partial charge in [-0.15, -0.1) is 0 Å². The molecule has 1 aromatic rings. The molecule has 2 rings (SSSR count). The van der Waals surface area contributed by atoms with Gasteiger partial charge in [0.15, 0.2) is 0 Å². The Balaban J connectivity index is 2.84. The number of nitrogens with two attached hydrogens (primary N) is 1. The Morgan fingerprint density at radius 2 is 2.04 bits per heavy atom. The van der Waals surface area contributed by atoms with E-state index in [1.807, 2.05) is 0 Å². The lowest BCUT2D eigenvalue weighted by atomic mass is 9.82. The number of benzene rings is 1. The maximum absolute atomic E-state index is 14.0. The van der Waals surface area contributed by atoms with Crippen molar-refractivity contribution in [1.82, 2.24) is 0 Å². The summed E-state index contributed by atoms with van der Waals surface area (Å²) in [4.78, 5) is 12.4. The van der Waals surface area contributed by atoms with Crippen LogP contribution in [0, 0.1) is 17.1 Å². The highest BCUT2D eigenvalue weighted by molar-refractivity contribution is 5.92. The summed E-state index contributed by atoms with van der Waals surface area (Å²) in [5.74, 6) is -4.61. The summed E-state index contributed by atoms with van der Waals surface area (Å²) in [7, 11) is 1.12. The Morgan fingerprint density at radius 1 is 1.39 bits per heavy atom. The van der Waals surface area contributed by atoms with Crippen molar-refractivity contribution in [1.29, 1.82) is 5.26 Å². The van der Waals surface area contributed by atoms with Gasteiger partial charge in [-0.05, 0) is 19.9 Å². The maximum Gasteiger partial charge on any atom is 0.419 e. The number of halogens is 4. The van der Waals surface area contributed by atoms with E-state index in [-0.39, 0.29) is 34.8 Å². The summed E-state index contributed by atoms with van der Waals surface area (Å²) in [6.45, 7) is 2.85. The van der Waals surface area contributed by atoms with Crippen molar-refractivity contribution in [2.75, 3.05) is 13.7 Å². The second-order valence-corrected chi connectivity index (χ2v) is 5.69. The van der Waals surface area contributed by atoms with Gasteiger partial charge in [-0.1, -0.05) is 0 Å². The van der Waals surface area contributed by atoms with Crippen molar-refractivity contribution in [3.8, 4) is 11.8 Å². The summed E-state index contributed by atoms with van der Waals surface area (Å²) >= 11 is 0. The van der Waals surface area contributed by atoms with Crippen molar-refractivity contribution in [2.24, 2.45) is 5.73 Å². The summed E-state index contributed by atoms with van der Waals surface area (Å²) in [5, 5.41) is 9.48. The highest BCUT2D eigenvalue weighted by atomic mass is 19.4. The van der Waals surface area contributed by atoms with E-state index in [1.165, 1.54) is 13.8 Å². The topological polar surface area (TPSA) is 94.6 Å². The molecule has 0 radical (unpaired) electrons. The number of nitrogens with zero attached hydrogens (tertiary/aromatic N) is 1. The van der Waals surface area contributed by atoms with Gasteiger partial charge in [0, 0.05) is 11.6 Å². The quantitative estimate of drug-likeness (QED) is 0.614. The van der Waals surface area contributed by atoms with Gasteiger partial charge in [0.05, 0.1) is 30.8 Å². The number of hydrogen-bond donors (Lipinski definition) is 1. The van der Waals surface area contributed by atoms with Gasteiger partial charge in [-0.2, -0.15) is 18.4 Å². The number of allylic oxidation sites excluding steroid dienone is 2. The fraction of sp³-hybridized carbons (Fsp3) is 0.333.